The SMILES string of the molecule is CCN(CC)C(=O)[C@@H](c1ccccc1)N1CCC[C@@H]1Cn1cncn1. The second-order valence-electron chi connectivity index (χ2n) is 6.48. The number of aromatic nitrogens is 3. The van der Waals surface area contributed by atoms with Crippen molar-refractivity contribution < 1.29 is 4.79 Å². The van der Waals surface area contributed by atoms with Crippen LogP contribution in [-0.4, -0.2) is 56.1 Å². The largest absolute Gasteiger partial charge is 0.342 e. The Morgan fingerprint density at radius 3 is 2.68 bits per heavy atom. The van der Waals surface area contributed by atoms with E-state index in [1.165, 1.54) is 0 Å². The van der Waals surface area contributed by atoms with Crippen molar-refractivity contribution in [3.05, 3.63) is 48.5 Å². The molecule has 3 rings (SSSR count). The minimum absolute atomic E-state index is 0.196. The van der Waals surface area contributed by atoms with Gasteiger partial charge in [-0.1, -0.05) is 30.3 Å². The average Bonchev–Trinajstić information content (AvgIpc) is 3.30. The molecule has 0 bridgehead atoms. The summed E-state index contributed by atoms with van der Waals surface area (Å²) in [4.78, 5) is 21.6. The molecule has 25 heavy (non-hydrogen) atoms. The Kier molecular flexibility index (Phi) is 5.81. The van der Waals surface area contributed by atoms with E-state index in [-0.39, 0.29) is 11.9 Å². The number of carbonyl (C=O) groups is 1. The maximum Gasteiger partial charge on any atom is 0.244 e. The van der Waals surface area contributed by atoms with Crippen molar-refractivity contribution in [1.82, 2.24) is 24.6 Å². The molecule has 1 aliphatic rings. The topological polar surface area (TPSA) is 54.3 Å². The third-order valence-electron chi connectivity index (χ3n) is 5.04. The van der Waals surface area contributed by atoms with Crippen molar-refractivity contribution >= 4 is 5.91 Å². The minimum Gasteiger partial charge on any atom is -0.342 e. The summed E-state index contributed by atoms with van der Waals surface area (Å²) < 4.78 is 1.87. The van der Waals surface area contributed by atoms with E-state index < -0.39 is 0 Å². The maximum absolute atomic E-state index is 13.3. The number of amides is 1. The van der Waals surface area contributed by atoms with Crippen LogP contribution < -0.4 is 0 Å². The van der Waals surface area contributed by atoms with E-state index >= 15 is 0 Å². The molecule has 6 heteroatoms. The first-order valence-electron chi connectivity index (χ1n) is 9.16. The zero-order valence-corrected chi connectivity index (χ0v) is 15.1. The van der Waals surface area contributed by atoms with Gasteiger partial charge in [-0.15, -0.1) is 0 Å². The van der Waals surface area contributed by atoms with Crippen LogP contribution in [0.3, 0.4) is 0 Å². The van der Waals surface area contributed by atoms with Crippen molar-refractivity contribution in [2.75, 3.05) is 19.6 Å². The van der Waals surface area contributed by atoms with Crippen LogP contribution in [0.4, 0.5) is 0 Å². The fourth-order valence-electron chi connectivity index (χ4n) is 3.76. The Morgan fingerprint density at radius 2 is 2.04 bits per heavy atom. The second kappa shape index (κ2) is 8.25. The van der Waals surface area contributed by atoms with Gasteiger partial charge in [0.05, 0.1) is 6.54 Å². The molecule has 0 aliphatic carbocycles. The quantitative estimate of drug-likeness (QED) is 0.776. The maximum atomic E-state index is 13.3. The molecule has 134 valence electrons. The molecule has 1 aromatic carbocycles. The highest BCUT2D eigenvalue weighted by atomic mass is 16.2. The Bertz CT molecular complexity index is 654. The number of carbonyl (C=O) groups excluding carboxylic acids is 1. The van der Waals surface area contributed by atoms with Gasteiger partial charge >= 0.3 is 0 Å². The van der Waals surface area contributed by atoms with E-state index in [9.17, 15) is 4.79 Å². The molecule has 2 atom stereocenters. The van der Waals surface area contributed by atoms with E-state index in [0.717, 1.165) is 44.6 Å². The molecular weight excluding hydrogens is 314 g/mol. The van der Waals surface area contributed by atoms with Crippen molar-refractivity contribution in [3.8, 4) is 0 Å². The van der Waals surface area contributed by atoms with Gasteiger partial charge in [-0.3, -0.25) is 14.4 Å². The first-order valence-corrected chi connectivity index (χ1v) is 9.16. The van der Waals surface area contributed by atoms with Crippen molar-refractivity contribution in [2.45, 2.75) is 45.3 Å². The van der Waals surface area contributed by atoms with E-state index in [1.54, 1.807) is 12.7 Å². The van der Waals surface area contributed by atoms with Crippen LogP contribution >= 0.6 is 0 Å². The van der Waals surface area contributed by atoms with Gasteiger partial charge in [0.2, 0.25) is 5.91 Å². The van der Waals surface area contributed by atoms with Crippen LogP contribution in [0.25, 0.3) is 0 Å². The fraction of sp³-hybridized carbons (Fsp3) is 0.526. The zero-order valence-electron chi connectivity index (χ0n) is 15.1. The number of benzene rings is 1. The lowest BCUT2D eigenvalue weighted by molar-refractivity contribution is -0.137. The smallest absolute Gasteiger partial charge is 0.244 e. The van der Waals surface area contributed by atoms with Gasteiger partial charge in [-0.25, -0.2) is 4.98 Å². The molecule has 0 unspecified atom stereocenters. The Morgan fingerprint density at radius 1 is 1.28 bits per heavy atom. The molecule has 6 nitrogen and oxygen atoms in total. The molecule has 1 saturated heterocycles. The second-order valence-corrected chi connectivity index (χ2v) is 6.48. The van der Waals surface area contributed by atoms with Crippen LogP contribution in [-0.2, 0) is 11.3 Å². The van der Waals surface area contributed by atoms with E-state index in [0.29, 0.717) is 6.04 Å². The predicted octanol–water partition coefficient (Wildman–Crippen LogP) is 2.35. The number of hydrogen-bond acceptors (Lipinski definition) is 4. The first-order chi connectivity index (χ1) is 12.2. The van der Waals surface area contributed by atoms with Crippen molar-refractivity contribution in [1.29, 1.82) is 0 Å². The third kappa shape index (κ3) is 3.90. The van der Waals surface area contributed by atoms with Crippen LogP contribution in [0, 0.1) is 0 Å². The Labute approximate surface area is 149 Å². The highest BCUT2D eigenvalue weighted by Gasteiger charge is 2.37. The van der Waals surface area contributed by atoms with Crippen LogP contribution in [0.15, 0.2) is 43.0 Å². The normalized spacial score (nSPS) is 19.0. The van der Waals surface area contributed by atoms with Crippen LogP contribution in [0.1, 0.15) is 38.3 Å². The minimum atomic E-state index is -0.225. The lowest BCUT2D eigenvalue weighted by Gasteiger charge is -2.35. The standard InChI is InChI=1S/C19H27N5O/c1-3-22(4-2)19(25)18(16-9-6-5-7-10-16)24-12-8-11-17(24)13-23-15-20-14-21-23/h5-7,9-10,14-15,17-18H,3-4,8,11-13H2,1-2H3/t17-,18-/m1/s1. The molecule has 1 amide bonds. The van der Waals surface area contributed by atoms with Crippen LogP contribution in [0.2, 0.25) is 0 Å². The highest BCUT2D eigenvalue weighted by Crippen LogP contribution is 2.31. The van der Waals surface area contributed by atoms with Crippen LogP contribution in [0.5, 0.6) is 0 Å². The Hall–Kier alpha value is -2.21. The molecule has 1 aromatic heterocycles. The highest BCUT2D eigenvalue weighted by molar-refractivity contribution is 5.83. The number of likely N-dealkylation sites (N-methyl/N-ethyl adjacent to an activating group) is 1. The molecule has 2 aromatic rings. The molecular formula is C19H27N5O. The number of rotatable bonds is 7. The summed E-state index contributed by atoms with van der Waals surface area (Å²) in [6.07, 6.45) is 5.50. The number of likely N-dealkylation sites (tertiary alicyclic amines) is 1. The number of nitrogens with zero attached hydrogens (tertiary/aromatic N) is 5. The lowest BCUT2D eigenvalue weighted by Crippen LogP contribution is -2.46. The molecule has 0 N–H and O–H groups in total. The van der Waals surface area contributed by atoms with Gasteiger partial charge in [0, 0.05) is 19.1 Å². The summed E-state index contributed by atoms with van der Waals surface area (Å²) in [7, 11) is 0. The summed E-state index contributed by atoms with van der Waals surface area (Å²) in [6, 6.07) is 10.2. The Balaban J connectivity index is 1.88. The van der Waals surface area contributed by atoms with Gasteiger partial charge in [-0.05, 0) is 38.8 Å². The lowest BCUT2D eigenvalue weighted by atomic mass is 10.0. The summed E-state index contributed by atoms with van der Waals surface area (Å²) in [5.41, 5.74) is 1.07. The molecule has 1 fully saturated rings. The van der Waals surface area contributed by atoms with E-state index in [1.807, 2.05) is 41.6 Å². The molecule has 2 heterocycles. The van der Waals surface area contributed by atoms with Gasteiger partial charge in [0.1, 0.15) is 18.7 Å². The van der Waals surface area contributed by atoms with Gasteiger partial charge in [-0.2, -0.15) is 5.10 Å². The number of hydrogen-bond donors (Lipinski definition) is 0. The van der Waals surface area contributed by atoms with Gasteiger partial charge in [0.25, 0.3) is 0 Å². The summed E-state index contributed by atoms with van der Waals surface area (Å²) in [6.45, 7) is 7.27. The summed E-state index contributed by atoms with van der Waals surface area (Å²) >= 11 is 0. The van der Waals surface area contributed by atoms with E-state index in [2.05, 4.69) is 27.1 Å². The summed E-state index contributed by atoms with van der Waals surface area (Å²) in [5.74, 6) is 0.196. The average molecular weight is 341 g/mol. The molecule has 0 spiro atoms. The molecule has 0 radical (unpaired) electrons. The fourth-order valence-corrected chi connectivity index (χ4v) is 3.76. The monoisotopic (exact) mass is 341 g/mol. The molecule has 0 saturated carbocycles. The van der Waals surface area contributed by atoms with Gasteiger partial charge < -0.3 is 4.90 Å². The molecule has 1 aliphatic heterocycles. The van der Waals surface area contributed by atoms with Gasteiger partial charge in [0.15, 0.2) is 0 Å². The van der Waals surface area contributed by atoms with E-state index in [4.69, 9.17) is 0 Å². The zero-order chi connectivity index (χ0) is 17.6. The summed E-state index contributed by atoms with van der Waals surface area (Å²) in [5, 5.41) is 4.24. The predicted molar refractivity (Wildman–Crippen MR) is 96.9 cm³/mol. The third-order valence-corrected chi connectivity index (χ3v) is 5.04. The van der Waals surface area contributed by atoms with Crippen molar-refractivity contribution in [2.24, 2.45) is 0 Å². The first kappa shape index (κ1) is 17.6. The van der Waals surface area contributed by atoms with Crippen molar-refractivity contribution in [3.63, 3.8) is 0 Å².